The molecule has 1 heterocycles. The van der Waals surface area contributed by atoms with Gasteiger partial charge in [-0.05, 0) is 48.7 Å². The van der Waals surface area contributed by atoms with E-state index in [9.17, 15) is 18.0 Å². The predicted octanol–water partition coefficient (Wildman–Crippen LogP) is 2.51. The van der Waals surface area contributed by atoms with Crippen LogP contribution in [0.1, 0.15) is 27.2 Å². The van der Waals surface area contributed by atoms with Crippen molar-refractivity contribution in [3.8, 4) is 0 Å². The molecule has 3 aromatic rings. The van der Waals surface area contributed by atoms with Crippen molar-refractivity contribution in [2.75, 3.05) is 20.7 Å². The Balaban J connectivity index is 1.62. The summed E-state index contributed by atoms with van der Waals surface area (Å²) in [5, 5.41) is 3.51. The second kappa shape index (κ2) is 8.91. The summed E-state index contributed by atoms with van der Waals surface area (Å²) in [6.07, 6.45) is 0. The normalized spacial score (nSPS) is 11.6. The van der Waals surface area contributed by atoms with Crippen LogP contribution in [0, 0.1) is 13.8 Å². The van der Waals surface area contributed by atoms with Crippen LogP contribution >= 0.6 is 0 Å². The van der Waals surface area contributed by atoms with Gasteiger partial charge in [-0.15, -0.1) is 0 Å². The molecule has 0 atom stereocenters. The number of aromatic nitrogens is 1. The summed E-state index contributed by atoms with van der Waals surface area (Å²) in [5.74, 6) is -1.17. The largest absolute Gasteiger partial charge is 0.451 e. The van der Waals surface area contributed by atoms with Crippen LogP contribution in [0.4, 0.5) is 0 Å². The molecule has 2 aromatic carbocycles. The van der Waals surface area contributed by atoms with Crippen LogP contribution in [0.5, 0.6) is 0 Å². The fourth-order valence-corrected chi connectivity index (χ4v) is 4.38. The monoisotopic (exact) mass is 443 g/mol. The third kappa shape index (κ3) is 4.95. The van der Waals surface area contributed by atoms with Crippen molar-refractivity contribution in [2.24, 2.45) is 0 Å². The highest BCUT2D eigenvalue weighted by Gasteiger charge is 2.21. The van der Waals surface area contributed by atoms with Gasteiger partial charge >= 0.3 is 5.97 Å². The first-order chi connectivity index (χ1) is 14.6. The van der Waals surface area contributed by atoms with Crippen molar-refractivity contribution in [2.45, 2.75) is 25.3 Å². The Hall–Kier alpha value is -3.17. The minimum atomic E-state index is -3.64. The first-order valence-corrected chi connectivity index (χ1v) is 11.1. The summed E-state index contributed by atoms with van der Waals surface area (Å²) in [6.45, 7) is 3.44. The van der Waals surface area contributed by atoms with Gasteiger partial charge in [0.25, 0.3) is 5.91 Å². The van der Waals surface area contributed by atoms with Crippen LogP contribution in [-0.2, 0) is 26.1 Å². The SMILES string of the molecule is Cc1cc(C)c2cc(C(=O)OCC(=O)NCc3ccccc3S(=O)(=O)N(C)C)[nH]c2c1. The number of fused-ring (bicyclic) bond motifs is 1. The Morgan fingerprint density at radius 1 is 1.10 bits per heavy atom. The van der Waals surface area contributed by atoms with Crippen LogP contribution in [-0.4, -0.2) is 50.3 Å². The maximum Gasteiger partial charge on any atom is 0.355 e. The van der Waals surface area contributed by atoms with Gasteiger partial charge in [-0.3, -0.25) is 4.79 Å². The molecule has 2 N–H and O–H groups in total. The fourth-order valence-electron chi connectivity index (χ4n) is 3.26. The van der Waals surface area contributed by atoms with E-state index < -0.39 is 28.5 Å². The first kappa shape index (κ1) is 22.5. The number of rotatable bonds is 7. The molecule has 0 aliphatic carbocycles. The summed E-state index contributed by atoms with van der Waals surface area (Å²) in [6, 6.07) is 12.1. The molecule has 31 heavy (non-hydrogen) atoms. The zero-order chi connectivity index (χ0) is 22.8. The molecule has 0 aliphatic rings. The number of hydrogen-bond acceptors (Lipinski definition) is 5. The Morgan fingerprint density at radius 3 is 2.52 bits per heavy atom. The number of amides is 1. The molecule has 1 amide bonds. The lowest BCUT2D eigenvalue weighted by Gasteiger charge is -2.15. The van der Waals surface area contributed by atoms with Gasteiger partial charge in [0.2, 0.25) is 10.0 Å². The molecule has 0 spiro atoms. The second-order valence-corrected chi connectivity index (χ2v) is 9.59. The number of aromatic amines is 1. The number of ether oxygens (including phenoxy) is 1. The molecule has 0 radical (unpaired) electrons. The molecule has 0 fully saturated rings. The Labute approximate surface area is 181 Å². The van der Waals surface area contributed by atoms with Crippen LogP contribution in [0.2, 0.25) is 0 Å². The first-order valence-electron chi connectivity index (χ1n) is 9.64. The highest BCUT2D eigenvalue weighted by atomic mass is 32.2. The van der Waals surface area contributed by atoms with E-state index in [1.165, 1.54) is 20.2 Å². The van der Waals surface area contributed by atoms with E-state index in [4.69, 9.17) is 4.74 Å². The number of hydrogen-bond donors (Lipinski definition) is 2. The van der Waals surface area contributed by atoms with E-state index in [1.54, 1.807) is 24.3 Å². The topological polar surface area (TPSA) is 109 Å². The van der Waals surface area contributed by atoms with E-state index in [2.05, 4.69) is 10.3 Å². The van der Waals surface area contributed by atoms with Crippen molar-refractivity contribution in [3.63, 3.8) is 0 Å². The lowest BCUT2D eigenvalue weighted by atomic mass is 10.1. The van der Waals surface area contributed by atoms with Crippen molar-refractivity contribution < 1.29 is 22.7 Å². The fraction of sp³-hybridized carbons (Fsp3) is 0.273. The van der Waals surface area contributed by atoms with Gasteiger partial charge in [-0.2, -0.15) is 0 Å². The number of nitrogens with zero attached hydrogens (tertiary/aromatic N) is 1. The van der Waals surface area contributed by atoms with E-state index in [1.807, 2.05) is 26.0 Å². The van der Waals surface area contributed by atoms with Gasteiger partial charge in [0.1, 0.15) is 5.69 Å². The van der Waals surface area contributed by atoms with Gasteiger partial charge in [0, 0.05) is 31.5 Å². The Bertz CT molecular complexity index is 1250. The summed E-state index contributed by atoms with van der Waals surface area (Å²) < 4.78 is 31.1. The molecule has 0 saturated carbocycles. The third-order valence-electron chi connectivity index (χ3n) is 4.85. The molecule has 0 unspecified atom stereocenters. The number of nitrogens with one attached hydrogen (secondary N) is 2. The molecule has 8 nitrogen and oxygen atoms in total. The number of esters is 1. The number of carbonyl (C=O) groups is 2. The third-order valence-corrected chi connectivity index (χ3v) is 6.77. The van der Waals surface area contributed by atoms with Crippen LogP contribution in [0.3, 0.4) is 0 Å². The lowest BCUT2D eigenvalue weighted by molar-refractivity contribution is -0.124. The average Bonchev–Trinajstić information content (AvgIpc) is 3.15. The van der Waals surface area contributed by atoms with Gasteiger partial charge in [0.05, 0.1) is 4.90 Å². The molecule has 3 rings (SSSR count). The zero-order valence-electron chi connectivity index (χ0n) is 17.9. The Morgan fingerprint density at radius 2 is 1.81 bits per heavy atom. The van der Waals surface area contributed by atoms with E-state index in [-0.39, 0.29) is 17.1 Å². The van der Waals surface area contributed by atoms with Crippen molar-refractivity contribution in [1.82, 2.24) is 14.6 Å². The molecule has 9 heteroatoms. The summed E-state index contributed by atoms with van der Waals surface area (Å²) in [5.41, 5.74) is 3.64. The number of carbonyl (C=O) groups excluding carboxylic acids is 2. The maximum absolute atomic E-state index is 12.4. The zero-order valence-corrected chi connectivity index (χ0v) is 18.7. The maximum atomic E-state index is 12.4. The van der Waals surface area contributed by atoms with Gasteiger partial charge in [0.15, 0.2) is 6.61 Å². The molecule has 1 aromatic heterocycles. The minimum absolute atomic E-state index is 0.00944. The number of sulfonamides is 1. The van der Waals surface area contributed by atoms with Gasteiger partial charge in [-0.1, -0.05) is 24.3 Å². The van der Waals surface area contributed by atoms with Crippen LogP contribution in [0.15, 0.2) is 47.4 Å². The summed E-state index contributed by atoms with van der Waals surface area (Å²) in [7, 11) is -0.761. The highest BCUT2D eigenvalue weighted by molar-refractivity contribution is 7.89. The van der Waals surface area contributed by atoms with Crippen LogP contribution < -0.4 is 5.32 Å². The molecular formula is C22H25N3O5S. The predicted molar refractivity (Wildman–Crippen MR) is 117 cm³/mol. The van der Waals surface area contributed by atoms with Crippen molar-refractivity contribution in [3.05, 3.63) is 64.8 Å². The number of benzene rings is 2. The van der Waals surface area contributed by atoms with E-state index >= 15 is 0 Å². The standard InChI is InChI=1S/C22H25N3O5S/c1-14-9-15(2)17-11-19(24-18(17)10-14)22(27)30-13-21(26)23-12-16-7-5-6-8-20(16)31(28,29)25(3)4/h5-11,24H,12-13H2,1-4H3,(H,23,26). The molecular weight excluding hydrogens is 418 g/mol. The van der Waals surface area contributed by atoms with Gasteiger partial charge < -0.3 is 15.0 Å². The highest BCUT2D eigenvalue weighted by Crippen LogP contribution is 2.22. The quantitative estimate of drug-likeness (QED) is 0.546. The number of aryl methyl sites for hydroxylation is 2. The van der Waals surface area contributed by atoms with Gasteiger partial charge in [-0.25, -0.2) is 17.5 Å². The smallest absolute Gasteiger partial charge is 0.355 e. The van der Waals surface area contributed by atoms with Crippen molar-refractivity contribution >= 4 is 32.8 Å². The summed E-state index contributed by atoms with van der Waals surface area (Å²) >= 11 is 0. The average molecular weight is 444 g/mol. The lowest BCUT2D eigenvalue weighted by Crippen LogP contribution is -2.30. The van der Waals surface area contributed by atoms with Crippen molar-refractivity contribution in [1.29, 1.82) is 0 Å². The number of H-pyrrole nitrogens is 1. The van der Waals surface area contributed by atoms with Crippen LogP contribution in [0.25, 0.3) is 10.9 Å². The van der Waals surface area contributed by atoms with E-state index in [0.29, 0.717) is 5.56 Å². The summed E-state index contributed by atoms with van der Waals surface area (Å²) in [4.78, 5) is 27.6. The second-order valence-electron chi connectivity index (χ2n) is 7.47. The molecule has 0 bridgehead atoms. The molecule has 0 saturated heterocycles. The van der Waals surface area contributed by atoms with E-state index in [0.717, 1.165) is 26.3 Å². The molecule has 0 aliphatic heterocycles. The Kier molecular flexibility index (Phi) is 6.47. The molecule has 164 valence electrons. The minimum Gasteiger partial charge on any atom is -0.451 e.